The molecule has 1 aromatic rings. The van der Waals surface area contributed by atoms with E-state index in [4.69, 9.17) is 16.2 Å². The van der Waals surface area contributed by atoms with Gasteiger partial charge in [0.25, 0.3) is 10.1 Å². The zero-order valence-electron chi connectivity index (χ0n) is 4.70. The second-order valence-electron chi connectivity index (χ2n) is 1.63. The first-order valence-electron chi connectivity index (χ1n) is 2.32. The number of aromatic amines is 1. The Balaban J connectivity index is 0.000001000. The fourth-order valence-corrected chi connectivity index (χ4v) is 1.48. The molecule has 1 rings (SSSR count). The third kappa shape index (κ3) is 2.54. The van der Waals surface area contributed by atoms with Crippen LogP contribution in [0.25, 0.3) is 0 Å². The molecule has 11 heavy (non-hydrogen) atoms. The summed E-state index contributed by atoms with van der Waals surface area (Å²) in [6, 6.07) is 1.18. The van der Waals surface area contributed by atoms with Crippen molar-refractivity contribution in [1.29, 1.82) is 0 Å². The van der Waals surface area contributed by atoms with Gasteiger partial charge in [0.05, 0.1) is 0 Å². The van der Waals surface area contributed by atoms with Gasteiger partial charge >= 0.3 is 18.9 Å². The van der Waals surface area contributed by atoms with Crippen LogP contribution >= 0.6 is 11.6 Å². The fraction of sp³-hybridized carbons (Fsp3) is 0. The first-order chi connectivity index (χ1) is 4.52. The summed E-state index contributed by atoms with van der Waals surface area (Å²) >= 11 is 5.33. The van der Waals surface area contributed by atoms with Gasteiger partial charge < -0.3 is 4.98 Å². The minimum atomic E-state index is -4.15. The molecule has 58 valence electrons. The molecular formula is C4H5ClLiNO3S. The average molecular weight is 190 g/mol. The number of H-pyrrole nitrogens is 1. The van der Waals surface area contributed by atoms with E-state index < -0.39 is 10.1 Å². The summed E-state index contributed by atoms with van der Waals surface area (Å²) in [5.74, 6) is 0. The minimum absolute atomic E-state index is 0. The van der Waals surface area contributed by atoms with Gasteiger partial charge in [-0.05, 0) is 6.07 Å². The van der Waals surface area contributed by atoms with Gasteiger partial charge in [0.2, 0.25) is 0 Å². The van der Waals surface area contributed by atoms with Crippen molar-refractivity contribution in [1.82, 2.24) is 4.98 Å². The fourth-order valence-electron chi connectivity index (χ4n) is 0.534. The van der Waals surface area contributed by atoms with Gasteiger partial charge in [0.15, 0.2) is 0 Å². The normalized spacial score (nSPS) is 10.7. The molecule has 0 saturated heterocycles. The first-order valence-corrected chi connectivity index (χ1v) is 4.14. The predicted molar refractivity (Wildman–Crippen MR) is 42.8 cm³/mol. The molecule has 0 unspecified atom stereocenters. The molecule has 4 nitrogen and oxygen atoms in total. The van der Waals surface area contributed by atoms with Crippen molar-refractivity contribution >= 4 is 40.6 Å². The van der Waals surface area contributed by atoms with Crippen LogP contribution in [0.2, 0.25) is 5.15 Å². The van der Waals surface area contributed by atoms with E-state index in [1.807, 2.05) is 0 Å². The van der Waals surface area contributed by atoms with E-state index in [9.17, 15) is 8.42 Å². The molecule has 0 aliphatic heterocycles. The van der Waals surface area contributed by atoms with Gasteiger partial charge in [0.1, 0.15) is 10.0 Å². The van der Waals surface area contributed by atoms with E-state index >= 15 is 0 Å². The van der Waals surface area contributed by atoms with Crippen LogP contribution in [0.15, 0.2) is 17.2 Å². The van der Waals surface area contributed by atoms with Crippen molar-refractivity contribution < 1.29 is 13.0 Å². The Morgan fingerprint density at radius 3 is 2.27 bits per heavy atom. The number of rotatable bonds is 1. The van der Waals surface area contributed by atoms with Gasteiger partial charge in [-0.2, -0.15) is 8.42 Å². The predicted octanol–water partition coefficient (Wildman–Crippen LogP) is 0.266. The molecule has 1 heterocycles. The van der Waals surface area contributed by atoms with E-state index in [0.717, 1.165) is 0 Å². The van der Waals surface area contributed by atoms with E-state index in [1.165, 1.54) is 12.3 Å². The molecule has 0 amide bonds. The van der Waals surface area contributed by atoms with Crippen LogP contribution in [0.4, 0.5) is 0 Å². The Morgan fingerprint density at radius 2 is 2.09 bits per heavy atom. The first kappa shape index (κ1) is 11.1. The van der Waals surface area contributed by atoms with Gasteiger partial charge in [0, 0.05) is 6.20 Å². The molecule has 0 saturated carbocycles. The van der Waals surface area contributed by atoms with Crippen LogP contribution in [-0.4, -0.2) is 36.8 Å². The van der Waals surface area contributed by atoms with Gasteiger partial charge in [-0.15, -0.1) is 0 Å². The van der Waals surface area contributed by atoms with Crippen LogP contribution in [-0.2, 0) is 10.1 Å². The van der Waals surface area contributed by atoms with Crippen LogP contribution in [0.3, 0.4) is 0 Å². The molecule has 0 aliphatic carbocycles. The van der Waals surface area contributed by atoms with Gasteiger partial charge in [-0.25, -0.2) is 0 Å². The maximum absolute atomic E-state index is 10.4. The molecule has 0 bridgehead atoms. The van der Waals surface area contributed by atoms with Crippen molar-refractivity contribution in [3.05, 3.63) is 17.4 Å². The maximum atomic E-state index is 10.4. The molecule has 1 aromatic heterocycles. The van der Waals surface area contributed by atoms with E-state index in [0.29, 0.717) is 0 Å². The third-order valence-electron chi connectivity index (χ3n) is 0.939. The van der Waals surface area contributed by atoms with E-state index in [1.54, 1.807) is 0 Å². The summed E-state index contributed by atoms with van der Waals surface area (Å²) < 4.78 is 29.2. The summed E-state index contributed by atoms with van der Waals surface area (Å²) in [5, 5.41) is -0.0810. The molecule has 2 N–H and O–H groups in total. The molecule has 0 spiro atoms. The molecule has 0 fully saturated rings. The summed E-state index contributed by atoms with van der Waals surface area (Å²) in [7, 11) is -4.15. The molecule has 0 atom stereocenters. The van der Waals surface area contributed by atoms with E-state index in [-0.39, 0.29) is 28.9 Å². The molecule has 7 heteroatoms. The number of nitrogens with one attached hydrogen (secondary N) is 1. The topological polar surface area (TPSA) is 70.2 Å². The Kier molecular flexibility index (Phi) is 3.68. The van der Waals surface area contributed by atoms with Crippen molar-refractivity contribution in [2.75, 3.05) is 0 Å². The second kappa shape index (κ2) is 3.65. The Hall–Kier alpha value is 0.0774. The van der Waals surface area contributed by atoms with E-state index in [2.05, 4.69) is 4.98 Å². The summed E-state index contributed by atoms with van der Waals surface area (Å²) in [5.41, 5.74) is 0. The van der Waals surface area contributed by atoms with Crippen LogP contribution < -0.4 is 0 Å². The summed E-state index contributed by atoms with van der Waals surface area (Å²) in [6.45, 7) is 0. The average Bonchev–Trinajstić information content (AvgIpc) is 2.11. The number of aromatic nitrogens is 1. The van der Waals surface area contributed by atoms with Crippen molar-refractivity contribution in [2.24, 2.45) is 0 Å². The Labute approximate surface area is 80.9 Å². The van der Waals surface area contributed by atoms with Crippen LogP contribution in [0.5, 0.6) is 0 Å². The molecule has 0 aromatic carbocycles. The second-order valence-corrected chi connectivity index (χ2v) is 3.40. The summed E-state index contributed by atoms with van der Waals surface area (Å²) in [6.07, 6.45) is 1.32. The van der Waals surface area contributed by atoms with Gasteiger partial charge in [-0.1, -0.05) is 11.6 Å². The van der Waals surface area contributed by atoms with Crippen molar-refractivity contribution in [2.45, 2.75) is 4.90 Å². The number of hydrogen-bond donors (Lipinski definition) is 2. The Bertz CT molecular complexity index is 333. The number of hydrogen-bond acceptors (Lipinski definition) is 2. The third-order valence-corrected chi connectivity index (χ3v) is 2.26. The van der Waals surface area contributed by atoms with Gasteiger partial charge in [-0.3, -0.25) is 4.55 Å². The zero-order chi connectivity index (χ0) is 7.78. The molecule has 0 aliphatic rings. The van der Waals surface area contributed by atoms with Crippen molar-refractivity contribution in [3.8, 4) is 0 Å². The standard InChI is InChI=1S/C4H4ClNO3S.Li.H/c5-4-3(1-2-6-4)10(7,8)9;;/h1-2,6H,(H,7,8,9);;. The summed E-state index contributed by atoms with van der Waals surface area (Å²) in [4.78, 5) is 2.10. The van der Waals surface area contributed by atoms with Crippen molar-refractivity contribution in [3.63, 3.8) is 0 Å². The quantitative estimate of drug-likeness (QED) is 0.492. The van der Waals surface area contributed by atoms with Crippen LogP contribution in [0.1, 0.15) is 0 Å². The Morgan fingerprint density at radius 1 is 1.55 bits per heavy atom. The zero-order valence-corrected chi connectivity index (χ0v) is 6.28. The monoisotopic (exact) mass is 189 g/mol. The molecule has 0 radical (unpaired) electrons. The van der Waals surface area contributed by atoms with Crippen LogP contribution in [0, 0.1) is 0 Å². The number of halogens is 1. The SMILES string of the molecule is O=S(=O)(O)c1cc[nH]c1Cl.[LiH]. The molecular weight excluding hydrogens is 185 g/mol.